The van der Waals surface area contributed by atoms with Crippen molar-refractivity contribution in [2.45, 2.75) is 4.90 Å². The Labute approximate surface area is 140 Å². The quantitative estimate of drug-likeness (QED) is 0.748. The fraction of sp³-hybridized carbons (Fsp3) is 0. The van der Waals surface area contributed by atoms with Gasteiger partial charge in [-0.1, -0.05) is 34.8 Å². The van der Waals surface area contributed by atoms with Crippen LogP contribution >= 0.6 is 50.7 Å². The lowest BCUT2D eigenvalue weighted by Crippen LogP contribution is -2.13. The maximum Gasteiger partial charge on any atom is 0.263 e. The average molecular weight is 416 g/mol. The highest BCUT2D eigenvalue weighted by atomic mass is 79.9. The molecule has 0 aromatic heterocycles. The van der Waals surface area contributed by atoms with E-state index in [1.165, 1.54) is 18.2 Å². The lowest BCUT2D eigenvalue weighted by molar-refractivity contribution is 0.601. The summed E-state index contributed by atoms with van der Waals surface area (Å²) in [5.74, 6) is 0. The van der Waals surface area contributed by atoms with E-state index in [0.29, 0.717) is 15.2 Å². The third-order valence-corrected chi connectivity index (χ3v) is 5.67. The van der Waals surface area contributed by atoms with E-state index in [4.69, 9.17) is 34.8 Å². The summed E-state index contributed by atoms with van der Waals surface area (Å²) in [4.78, 5) is -0.0854. The van der Waals surface area contributed by atoms with Crippen molar-refractivity contribution in [1.29, 1.82) is 0 Å². The molecule has 0 saturated carbocycles. The van der Waals surface area contributed by atoms with Crippen molar-refractivity contribution in [3.8, 4) is 0 Å². The summed E-state index contributed by atoms with van der Waals surface area (Å²) < 4.78 is 27.5. The van der Waals surface area contributed by atoms with Crippen molar-refractivity contribution < 1.29 is 8.42 Å². The van der Waals surface area contributed by atoms with Crippen LogP contribution in [-0.2, 0) is 10.0 Å². The zero-order chi connectivity index (χ0) is 14.9. The number of halogens is 4. The highest BCUT2D eigenvalue weighted by Crippen LogP contribution is 2.29. The Morgan fingerprint density at radius 2 is 1.60 bits per heavy atom. The van der Waals surface area contributed by atoms with Gasteiger partial charge in [-0.2, -0.15) is 0 Å². The Morgan fingerprint density at radius 3 is 2.25 bits per heavy atom. The van der Waals surface area contributed by atoms with Crippen LogP contribution in [-0.4, -0.2) is 8.42 Å². The first-order valence-electron chi connectivity index (χ1n) is 5.22. The first-order valence-corrected chi connectivity index (χ1v) is 8.63. The first-order chi connectivity index (χ1) is 9.29. The second-order valence-corrected chi connectivity index (χ2v) is 7.57. The van der Waals surface area contributed by atoms with Crippen molar-refractivity contribution >= 4 is 66.4 Å². The highest BCUT2D eigenvalue weighted by Gasteiger charge is 2.18. The molecule has 3 nitrogen and oxygen atoms in total. The van der Waals surface area contributed by atoms with Crippen LogP contribution < -0.4 is 4.72 Å². The smallest absolute Gasteiger partial charge is 0.263 e. The second-order valence-electron chi connectivity index (χ2n) is 3.81. The SMILES string of the molecule is O=S(=O)(Nc1ccc(Cl)c(Br)c1)c1cc(Cl)ccc1Cl. The summed E-state index contributed by atoms with van der Waals surface area (Å²) in [5.41, 5.74) is 0.359. The maximum absolute atomic E-state index is 12.3. The molecule has 0 saturated heterocycles. The third kappa shape index (κ3) is 3.59. The van der Waals surface area contributed by atoms with Gasteiger partial charge in [0.1, 0.15) is 4.90 Å². The number of rotatable bonds is 3. The summed E-state index contributed by atoms with van der Waals surface area (Å²) in [6.45, 7) is 0. The molecule has 2 aromatic rings. The van der Waals surface area contributed by atoms with Gasteiger partial charge < -0.3 is 0 Å². The topological polar surface area (TPSA) is 46.2 Å². The van der Waals surface area contributed by atoms with E-state index in [9.17, 15) is 8.42 Å². The molecule has 0 fully saturated rings. The van der Waals surface area contributed by atoms with Crippen LogP contribution in [0, 0.1) is 0 Å². The molecular formula is C12H7BrCl3NO2S. The van der Waals surface area contributed by atoms with E-state index in [0.717, 1.165) is 0 Å². The molecule has 0 radical (unpaired) electrons. The Bertz CT molecular complexity index is 765. The predicted octanol–water partition coefficient (Wildman–Crippen LogP) is 5.21. The van der Waals surface area contributed by atoms with Crippen molar-refractivity contribution in [1.82, 2.24) is 0 Å². The summed E-state index contributed by atoms with van der Waals surface area (Å²) >= 11 is 20.8. The van der Waals surface area contributed by atoms with Gasteiger partial charge in [-0.15, -0.1) is 0 Å². The molecule has 0 atom stereocenters. The molecule has 8 heteroatoms. The molecule has 0 bridgehead atoms. The summed E-state index contributed by atoms with van der Waals surface area (Å²) in [6, 6.07) is 8.90. The number of benzene rings is 2. The van der Waals surface area contributed by atoms with E-state index in [-0.39, 0.29) is 14.9 Å². The number of anilines is 1. The minimum Gasteiger partial charge on any atom is -0.280 e. The molecule has 20 heavy (non-hydrogen) atoms. The van der Waals surface area contributed by atoms with E-state index in [1.807, 2.05) is 0 Å². The van der Waals surface area contributed by atoms with E-state index >= 15 is 0 Å². The van der Waals surface area contributed by atoms with E-state index in [2.05, 4.69) is 20.7 Å². The van der Waals surface area contributed by atoms with Gasteiger partial charge in [0.25, 0.3) is 10.0 Å². The lowest BCUT2D eigenvalue weighted by Gasteiger charge is -2.10. The Balaban J connectivity index is 2.40. The molecule has 2 rings (SSSR count). The van der Waals surface area contributed by atoms with Gasteiger partial charge in [0.05, 0.1) is 15.7 Å². The summed E-state index contributed by atoms with van der Waals surface area (Å²) in [6.07, 6.45) is 0. The molecule has 0 aliphatic rings. The lowest BCUT2D eigenvalue weighted by atomic mass is 10.3. The number of hydrogen-bond donors (Lipinski definition) is 1. The zero-order valence-electron chi connectivity index (χ0n) is 9.70. The van der Waals surface area contributed by atoms with Crippen LogP contribution in [0.2, 0.25) is 15.1 Å². The third-order valence-electron chi connectivity index (χ3n) is 2.35. The van der Waals surface area contributed by atoms with E-state index < -0.39 is 10.0 Å². The van der Waals surface area contributed by atoms with Gasteiger partial charge in [0.15, 0.2) is 0 Å². The van der Waals surface area contributed by atoms with Crippen LogP contribution in [0.4, 0.5) is 5.69 Å². The first kappa shape index (κ1) is 15.9. The fourth-order valence-electron chi connectivity index (χ4n) is 1.45. The Kier molecular flexibility index (Phi) is 4.87. The Morgan fingerprint density at radius 1 is 0.950 bits per heavy atom. The predicted molar refractivity (Wildman–Crippen MR) is 86.4 cm³/mol. The fourth-order valence-corrected chi connectivity index (χ4v) is 3.76. The van der Waals surface area contributed by atoms with Crippen LogP contribution in [0.1, 0.15) is 0 Å². The number of hydrogen-bond acceptors (Lipinski definition) is 2. The largest absolute Gasteiger partial charge is 0.280 e. The minimum absolute atomic E-state index is 0.0854. The van der Waals surface area contributed by atoms with Gasteiger partial charge in [0, 0.05) is 9.50 Å². The van der Waals surface area contributed by atoms with Crippen molar-refractivity contribution in [3.63, 3.8) is 0 Å². The van der Waals surface area contributed by atoms with Gasteiger partial charge in [0.2, 0.25) is 0 Å². The molecule has 0 amide bonds. The normalized spacial score (nSPS) is 11.4. The van der Waals surface area contributed by atoms with Crippen molar-refractivity contribution in [2.75, 3.05) is 4.72 Å². The molecule has 0 spiro atoms. The van der Waals surface area contributed by atoms with Gasteiger partial charge in [-0.25, -0.2) is 8.42 Å². The Hall–Kier alpha value is -0.460. The number of nitrogens with one attached hydrogen (secondary N) is 1. The van der Waals surface area contributed by atoms with Gasteiger partial charge in [-0.3, -0.25) is 4.72 Å². The van der Waals surface area contributed by atoms with Gasteiger partial charge in [-0.05, 0) is 52.3 Å². The summed E-state index contributed by atoms with van der Waals surface area (Å²) in [7, 11) is -3.83. The average Bonchev–Trinajstić information content (AvgIpc) is 2.36. The van der Waals surface area contributed by atoms with Crippen LogP contribution in [0.5, 0.6) is 0 Å². The van der Waals surface area contributed by atoms with E-state index in [1.54, 1.807) is 18.2 Å². The zero-order valence-corrected chi connectivity index (χ0v) is 14.4. The second kappa shape index (κ2) is 6.12. The molecule has 0 unspecified atom stereocenters. The standard InChI is InChI=1S/C12H7BrCl3NO2S/c13-9-6-8(2-4-10(9)15)17-20(18,19)12-5-7(14)1-3-11(12)16/h1-6,17H. The van der Waals surface area contributed by atoms with Crippen LogP contribution in [0.3, 0.4) is 0 Å². The van der Waals surface area contributed by atoms with Crippen LogP contribution in [0.15, 0.2) is 45.8 Å². The monoisotopic (exact) mass is 413 g/mol. The molecule has 0 heterocycles. The molecule has 106 valence electrons. The molecular weight excluding hydrogens is 408 g/mol. The minimum atomic E-state index is -3.83. The molecule has 0 aliphatic heterocycles. The maximum atomic E-state index is 12.3. The molecule has 1 N–H and O–H groups in total. The molecule has 0 aliphatic carbocycles. The number of sulfonamides is 1. The summed E-state index contributed by atoms with van der Waals surface area (Å²) in [5, 5.41) is 0.857. The highest BCUT2D eigenvalue weighted by molar-refractivity contribution is 9.10. The van der Waals surface area contributed by atoms with Crippen molar-refractivity contribution in [2.24, 2.45) is 0 Å². The van der Waals surface area contributed by atoms with Crippen molar-refractivity contribution in [3.05, 3.63) is 55.9 Å². The molecule has 2 aromatic carbocycles. The van der Waals surface area contributed by atoms with Gasteiger partial charge >= 0.3 is 0 Å². The van der Waals surface area contributed by atoms with Crippen LogP contribution in [0.25, 0.3) is 0 Å².